The van der Waals surface area contributed by atoms with Gasteiger partial charge in [0.05, 0.1) is 6.61 Å². The Hall–Kier alpha value is -1.32. The van der Waals surface area contributed by atoms with Crippen LogP contribution in [0.15, 0.2) is 12.1 Å². The highest BCUT2D eigenvalue weighted by atomic mass is 35.5. The van der Waals surface area contributed by atoms with E-state index in [4.69, 9.17) is 16.7 Å². The summed E-state index contributed by atoms with van der Waals surface area (Å²) in [5.41, 5.74) is 5.45. The standard InChI is InChI=1S/C14H17ClN2O/c1-8-6-10(3)11(7-9(8)2)13-14(15)17-12(16-13)4-5-18/h6-7,18H,4-5H2,1-3H3,(H,16,17). The van der Waals surface area contributed by atoms with Crippen molar-refractivity contribution in [2.24, 2.45) is 0 Å². The topological polar surface area (TPSA) is 48.9 Å². The van der Waals surface area contributed by atoms with Crippen molar-refractivity contribution in [2.45, 2.75) is 27.2 Å². The number of nitrogens with one attached hydrogen (secondary N) is 1. The number of nitrogens with zero attached hydrogens (tertiary/aromatic N) is 1. The first-order valence-corrected chi connectivity index (χ1v) is 6.34. The van der Waals surface area contributed by atoms with E-state index in [1.54, 1.807) is 0 Å². The predicted octanol–water partition coefficient (Wildman–Crippen LogP) is 3.19. The maximum absolute atomic E-state index is 8.92. The SMILES string of the molecule is Cc1cc(C)c(-c2nc(CCO)[nH]c2Cl)cc1C. The summed E-state index contributed by atoms with van der Waals surface area (Å²) < 4.78 is 0. The maximum atomic E-state index is 8.92. The summed E-state index contributed by atoms with van der Waals surface area (Å²) in [6, 6.07) is 4.25. The fraction of sp³-hybridized carbons (Fsp3) is 0.357. The fourth-order valence-corrected chi connectivity index (χ4v) is 2.27. The van der Waals surface area contributed by atoms with Crippen LogP contribution in [0.4, 0.5) is 0 Å². The summed E-state index contributed by atoms with van der Waals surface area (Å²) in [5.74, 6) is 0.718. The van der Waals surface area contributed by atoms with Crippen LogP contribution in [0.5, 0.6) is 0 Å². The van der Waals surface area contributed by atoms with Crippen molar-refractivity contribution in [3.8, 4) is 11.3 Å². The van der Waals surface area contributed by atoms with Gasteiger partial charge in [-0.25, -0.2) is 4.98 Å². The average Bonchev–Trinajstić information content (AvgIpc) is 2.65. The number of aliphatic hydroxyl groups is 1. The van der Waals surface area contributed by atoms with Gasteiger partial charge in [-0.15, -0.1) is 0 Å². The molecule has 0 fully saturated rings. The monoisotopic (exact) mass is 264 g/mol. The molecule has 2 rings (SSSR count). The van der Waals surface area contributed by atoms with Gasteiger partial charge in [-0.2, -0.15) is 0 Å². The molecule has 2 N–H and O–H groups in total. The molecule has 1 heterocycles. The van der Waals surface area contributed by atoms with Crippen LogP contribution in [0, 0.1) is 20.8 Å². The van der Waals surface area contributed by atoms with Crippen LogP contribution < -0.4 is 0 Å². The van der Waals surface area contributed by atoms with Gasteiger partial charge in [0.25, 0.3) is 0 Å². The van der Waals surface area contributed by atoms with Gasteiger partial charge in [0.2, 0.25) is 0 Å². The van der Waals surface area contributed by atoms with Gasteiger partial charge >= 0.3 is 0 Å². The average molecular weight is 265 g/mol. The van der Waals surface area contributed by atoms with Gasteiger partial charge in [0.1, 0.15) is 16.7 Å². The Morgan fingerprint density at radius 3 is 2.50 bits per heavy atom. The summed E-state index contributed by atoms with van der Waals surface area (Å²) in [4.78, 5) is 7.45. The minimum absolute atomic E-state index is 0.0647. The molecule has 1 aromatic carbocycles. The molecule has 0 aliphatic heterocycles. The molecule has 0 atom stereocenters. The van der Waals surface area contributed by atoms with Gasteiger partial charge < -0.3 is 10.1 Å². The molecule has 4 heteroatoms. The van der Waals surface area contributed by atoms with E-state index in [0.29, 0.717) is 11.6 Å². The van der Waals surface area contributed by atoms with Crippen LogP contribution in [0.1, 0.15) is 22.5 Å². The molecule has 0 aliphatic carbocycles. The van der Waals surface area contributed by atoms with Crippen molar-refractivity contribution in [3.63, 3.8) is 0 Å². The van der Waals surface area contributed by atoms with Gasteiger partial charge in [-0.05, 0) is 43.5 Å². The molecule has 0 aliphatic rings. The Balaban J connectivity index is 2.51. The fourth-order valence-electron chi connectivity index (χ4n) is 2.02. The second kappa shape index (κ2) is 5.12. The van der Waals surface area contributed by atoms with E-state index in [9.17, 15) is 0 Å². The zero-order chi connectivity index (χ0) is 13.3. The smallest absolute Gasteiger partial charge is 0.134 e. The number of aryl methyl sites for hydroxylation is 3. The van der Waals surface area contributed by atoms with Crippen molar-refractivity contribution >= 4 is 11.6 Å². The first-order chi connectivity index (χ1) is 8.52. The van der Waals surface area contributed by atoms with Crippen molar-refractivity contribution < 1.29 is 5.11 Å². The number of aliphatic hydroxyl groups excluding tert-OH is 1. The number of aromatic nitrogens is 2. The Morgan fingerprint density at radius 2 is 1.83 bits per heavy atom. The zero-order valence-electron chi connectivity index (χ0n) is 10.8. The van der Waals surface area contributed by atoms with Crippen LogP contribution in [-0.4, -0.2) is 21.7 Å². The van der Waals surface area contributed by atoms with Gasteiger partial charge in [-0.3, -0.25) is 0 Å². The molecule has 0 bridgehead atoms. The molecule has 0 spiro atoms. The summed E-state index contributed by atoms with van der Waals surface area (Å²) in [5, 5.41) is 9.45. The lowest BCUT2D eigenvalue weighted by atomic mass is 9.99. The van der Waals surface area contributed by atoms with E-state index < -0.39 is 0 Å². The molecule has 96 valence electrons. The molecule has 3 nitrogen and oxygen atoms in total. The number of rotatable bonds is 3. The Bertz CT molecular complexity index is 575. The van der Waals surface area contributed by atoms with E-state index in [1.165, 1.54) is 11.1 Å². The van der Waals surface area contributed by atoms with E-state index in [1.807, 2.05) is 0 Å². The predicted molar refractivity (Wildman–Crippen MR) is 74.0 cm³/mol. The Labute approximate surface area is 112 Å². The van der Waals surface area contributed by atoms with E-state index in [-0.39, 0.29) is 6.61 Å². The molecule has 0 unspecified atom stereocenters. The minimum Gasteiger partial charge on any atom is -0.396 e. The highest BCUT2D eigenvalue weighted by molar-refractivity contribution is 6.32. The van der Waals surface area contributed by atoms with Crippen LogP contribution >= 0.6 is 11.6 Å². The third-order valence-corrected chi connectivity index (χ3v) is 3.43. The van der Waals surface area contributed by atoms with Crippen molar-refractivity contribution in [2.75, 3.05) is 6.61 Å². The van der Waals surface area contributed by atoms with E-state index in [2.05, 4.69) is 42.9 Å². The number of H-pyrrole nitrogens is 1. The largest absolute Gasteiger partial charge is 0.396 e. The molecule has 0 saturated heterocycles. The number of hydrogen-bond acceptors (Lipinski definition) is 2. The Kier molecular flexibility index (Phi) is 3.73. The highest BCUT2D eigenvalue weighted by Gasteiger charge is 2.13. The first kappa shape index (κ1) is 13.1. The Morgan fingerprint density at radius 1 is 1.17 bits per heavy atom. The number of aromatic amines is 1. The minimum atomic E-state index is 0.0647. The van der Waals surface area contributed by atoms with Crippen LogP contribution in [0.25, 0.3) is 11.3 Å². The number of hydrogen-bond donors (Lipinski definition) is 2. The number of halogens is 1. The molecular formula is C14H17ClN2O. The van der Waals surface area contributed by atoms with Gasteiger partial charge in [-0.1, -0.05) is 17.7 Å². The van der Waals surface area contributed by atoms with Crippen LogP contribution in [-0.2, 0) is 6.42 Å². The lowest BCUT2D eigenvalue weighted by molar-refractivity contribution is 0.297. The number of benzene rings is 1. The zero-order valence-corrected chi connectivity index (χ0v) is 11.6. The van der Waals surface area contributed by atoms with Crippen molar-refractivity contribution in [1.29, 1.82) is 0 Å². The van der Waals surface area contributed by atoms with Crippen molar-refractivity contribution in [3.05, 3.63) is 39.8 Å². The second-order valence-electron chi connectivity index (χ2n) is 4.57. The summed E-state index contributed by atoms with van der Waals surface area (Å²) in [6.45, 7) is 6.29. The number of imidazole rings is 1. The molecule has 0 saturated carbocycles. The molecule has 2 aromatic rings. The van der Waals surface area contributed by atoms with Crippen LogP contribution in [0.3, 0.4) is 0 Å². The molecule has 18 heavy (non-hydrogen) atoms. The molecule has 0 amide bonds. The van der Waals surface area contributed by atoms with E-state index >= 15 is 0 Å². The third kappa shape index (κ3) is 2.42. The van der Waals surface area contributed by atoms with Gasteiger partial charge in [0.15, 0.2) is 0 Å². The summed E-state index contributed by atoms with van der Waals surface area (Å²) in [6.07, 6.45) is 0.490. The quantitative estimate of drug-likeness (QED) is 0.894. The van der Waals surface area contributed by atoms with Crippen molar-refractivity contribution in [1.82, 2.24) is 9.97 Å². The molecule has 1 aromatic heterocycles. The molecular weight excluding hydrogens is 248 g/mol. The summed E-state index contributed by atoms with van der Waals surface area (Å²) >= 11 is 6.18. The second-order valence-corrected chi connectivity index (χ2v) is 4.95. The normalized spacial score (nSPS) is 10.9. The highest BCUT2D eigenvalue weighted by Crippen LogP contribution is 2.30. The first-order valence-electron chi connectivity index (χ1n) is 5.96. The van der Waals surface area contributed by atoms with Crippen LogP contribution in [0.2, 0.25) is 5.15 Å². The molecule has 0 radical (unpaired) electrons. The summed E-state index contributed by atoms with van der Waals surface area (Å²) in [7, 11) is 0. The van der Waals surface area contributed by atoms with Gasteiger partial charge in [0, 0.05) is 12.0 Å². The lowest BCUT2D eigenvalue weighted by Crippen LogP contribution is -1.93. The van der Waals surface area contributed by atoms with E-state index in [0.717, 1.165) is 22.6 Å². The third-order valence-electron chi connectivity index (χ3n) is 3.15. The lowest BCUT2D eigenvalue weighted by Gasteiger charge is -2.08. The maximum Gasteiger partial charge on any atom is 0.134 e.